The van der Waals surface area contributed by atoms with Gasteiger partial charge in [-0.1, -0.05) is 23.2 Å². The summed E-state index contributed by atoms with van der Waals surface area (Å²) in [6.45, 7) is 3.38. The Morgan fingerprint density at radius 2 is 2.10 bits per heavy atom. The highest BCUT2D eigenvalue weighted by molar-refractivity contribution is 6.42. The number of halogens is 2. The highest BCUT2D eigenvalue weighted by Gasteiger charge is 2.28. The van der Waals surface area contributed by atoms with E-state index in [1.54, 1.807) is 12.1 Å². The second-order valence-corrected chi connectivity index (χ2v) is 6.29. The van der Waals surface area contributed by atoms with Crippen molar-refractivity contribution in [3.63, 3.8) is 0 Å². The third-order valence-corrected chi connectivity index (χ3v) is 4.68. The van der Waals surface area contributed by atoms with Crippen molar-refractivity contribution in [1.82, 2.24) is 4.90 Å². The number of piperidine rings is 1. The molecule has 1 fully saturated rings. The third kappa shape index (κ3) is 3.62. The number of carbonyl (C=O) groups is 1. The van der Waals surface area contributed by atoms with Gasteiger partial charge in [0.25, 0.3) is 5.91 Å². The Kier molecular flexibility index (Phi) is 5.36. The molecule has 4 nitrogen and oxygen atoms in total. The summed E-state index contributed by atoms with van der Waals surface area (Å²) in [5.74, 6) is 0.685. The van der Waals surface area contributed by atoms with E-state index in [2.05, 4.69) is 0 Å². The van der Waals surface area contributed by atoms with Crippen molar-refractivity contribution in [1.29, 1.82) is 0 Å². The minimum absolute atomic E-state index is 0.0799. The van der Waals surface area contributed by atoms with Crippen molar-refractivity contribution >= 4 is 29.1 Å². The molecule has 2 atom stereocenters. The topological polar surface area (TPSA) is 55.6 Å². The standard InChI is InChI=1S/C15H20Cl2N2O2/c1-9(18)10-4-3-5-19(8-10)15(20)11-6-12(16)13(17)7-14(11)21-2/h6-7,9-10H,3-5,8,18H2,1-2H3/t9-,10-/m0/s1. The van der Waals surface area contributed by atoms with E-state index in [9.17, 15) is 4.79 Å². The van der Waals surface area contributed by atoms with E-state index in [0.717, 1.165) is 19.4 Å². The maximum Gasteiger partial charge on any atom is 0.257 e. The van der Waals surface area contributed by atoms with Crippen molar-refractivity contribution in [3.8, 4) is 5.75 Å². The fourth-order valence-electron chi connectivity index (χ4n) is 2.66. The number of benzene rings is 1. The van der Waals surface area contributed by atoms with Gasteiger partial charge in [-0.25, -0.2) is 0 Å². The number of hydrogen-bond donors (Lipinski definition) is 1. The smallest absolute Gasteiger partial charge is 0.257 e. The van der Waals surface area contributed by atoms with Crippen LogP contribution in [0.4, 0.5) is 0 Å². The molecule has 2 rings (SSSR count). The Morgan fingerprint density at radius 1 is 1.43 bits per heavy atom. The Morgan fingerprint density at radius 3 is 2.71 bits per heavy atom. The molecular formula is C15H20Cl2N2O2. The van der Waals surface area contributed by atoms with E-state index in [0.29, 0.717) is 33.8 Å². The number of carbonyl (C=O) groups excluding carboxylic acids is 1. The quantitative estimate of drug-likeness (QED) is 0.925. The molecule has 1 amide bonds. The molecule has 116 valence electrons. The maximum absolute atomic E-state index is 12.7. The van der Waals surface area contributed by atoms with E-state index in [1.165, 1.54) is 7.11 Å². The molecule has 0 aliphatic carbocycles. The molecule has 21 heavy (non-hydrogen) atoms. The SMILES string of the molecule is COc1cc(Cl)c(Cl)cc1C(=O)N1CCC[C@H]([C@H](C)N)C1. The number of hydrogen-bond acceptors (Lipinski definition) is 3. The van der Waals surface area contributed by atoms with Crippen LogP contribution in [0.15, 0.2) is 12.1 Å². The molecule has 0 radical (unpaired) electrons. The van der Waals surface area contributed by atoms with Crippen LogP contribution in [-0.2, 0) is 0 Å². The number of nitrogens with zero attached hydrogens (tertiary/aromatic N) is 1. The Bertz CT molecular complexity index is 535. The zero-order valence-electron chi connectivity index (χ0n) is 12.2. The second kappa shape index (κ2) is 6.86. The summed E-state index contributed by atoms with van der Waals surface area (Å²) in [6, 6.07) is 3.22. The highest BCUT2D eigenvalue weighted by atomic mass is 35.5. The van der Waals surface area contributed by atoms with Gasteiger partial charge >= 0.3 is 0 Å². The van der Waals surface area contributed by atoms with Gasteiger partial charge in [0.15, 0.2) is 0 Å². The van der Waals surface area contributed by atoms with E-state index in [-0.39, 0.29) is 11.9 Å². The number of methoxy groups -OCH3 is 1. The maximum atomic E-state index is 12.7. The fraction of sp³-hybridized carbons (Fsp3) is 0.533. The lowest BCUT2D eigenvalue weighted by atomic mass is 9.92. The van der Waals surface area contributed by atoms with Crippen molar-refractivity contribution in [2.24, 2.45) is 11.7 Å². The Balaban J connectivity index is 2.25. The predicted molar refractivity (Wildman–Crippen MR) is 85.3 cm³/mol. The summed E-state index contributed by atoms with van der Waals surface area (Å²) in [5.41, 5.74) is 6.41. The normalized spacial score (nSPS) is 20.2. The van der Waals surface area contributed by atoms with E-state index in [1.807, 2.05) is 11.8 Å². The van der Waals surface area contributed by atoms with Crippen molar-refractivity contribution in [2.75, 3.05) is 20.2 Å². The van der Waals surface area contributed by atoms with Crippen LogP contribution >= 0.6 is 23.2 Å². The van der Waals surface area contributed by atoms with E-state index in [4.69, 9.17) is 33.7 Å². The highest BCUT2D eigenvalue weighted by Crippen LogP contribution is 2.32. The lowest BCUT2D eigenvalue weighted by Crippen LogP contribution is -2.45. The number of ether oxygens (including phenoxy) is 1. The summed E-state index contributed by atoms with van der Waals surface area (Å²) in [6.07, 6.45) is 2.02. The van der Waals surface area contributed by atoms with Gasteiger partial charge in [-0.15, -0.1) is 0 Å². The summed E-state index contributed by atoms with van der Waals surface area (Å²) >= 11 is 12.0. The lowest BCUT2D eigenvalue weighted by molar-refractivity contribution is 0.0657. The van der Waals surface area contributed by atoms with Crippen LogP contribution in [0.5, 0.6) is 5.75 Å². The molecule has 0 unspecified atom stereocenters. The van der Waals surface area contributed by atoms with Gasteiger partial charge in [0.05, 0.1) is 22.7 Å². The number of likely N-dealkylation sites (tertiary alicyclic amines) is 1. The average Bonchev–Trinajstić information content (AvgIpc) is 2.48. The summed E-state index contributed by atoms with van der Waals surface area (Å²) < 4.78 is 5.25. The van der Waals surface area contributed by atoms with Crippen LogP contribution in [0.2, 0.25) is 10.0 Å². The molecule has 1 aromatic rings. The first kappa shape index (κ1) is 16.4. The summed E-state index contributed by atoms with van der Waals surface area (Å²) in [7, 11) is 1.51. The molecule has 0 saturated carbocycles. The van der Waals surface area contributed by atoms with Gasteiger partial charge in [-0.05, 0) is 31.7 Å². The molecule has 1 heterocycles. The molecule has 6 heteroatoms. The fourth-order valence-corrected chi connectivity index (χ4v) is 2.98. The van der Waals surface area contributed by atoms with Gasteiger partial charge in [0.1, 0.15) is 5.75 Å². The first-order valence-electron chi connectivity index (χ1n) is 7.02. The Labute approximate surface area is 135 Å². The van der Waals surface area contributed by atoms with Gasteiger partial charge in [-0.3, -0.25) is 4.79 Å². The van der Waals surface area contributed by atoms with Crippen LogP contribution < -0.4 is 10.5 Å². The average molecular weight is 331 g/mol. The third-order valence-electron chi connectivity index (χ3n) is 3.96. The van der Waals surface area contributed by atoms with E-state index < -0.39 is 0 Å². The van der Waals surface area contributed by atoms with Crippen LogP contribution in [0.1, 0.15) is 30.1 Å². The van der Waals surface area contributed by atoms with Crippen LogP contribution in [-0.4, -0.2) is 37.0 Å². The second-order valence-electron chi connectivity index (χ2n) is 5.48. The molecule has 1 aromatic carbocycles. The summed E-state index contributed by atoms with van der Waals surface area (Å²) in [5, 5.41) is 0.721. The lowest BCUT2D eigenvalue weighted by Gasteiger charge is -2.35. The van der Waals surface area contributed by atoms with E-state index >= 15 is 0 Å². The first-order chi connectivity index (χ1) is 9.93. The molecular weight excluding hydrogens is 311 g/mol. The number of amides is 1. The minimum Gasteiger partial charge on any atom is -0.496 e. The predicted octanol–water partition coefficient (Wildman–Crippen LogP) is 3.20. The zero-order chi connectivity index (χ0) is 15.6. The van der Waals surface area contributed by atoms with Crippen molar-refractivity contribution in [2.45, 2.75) is 25.8 Å². The van der Waals surface area contributed by atoms with Crippen LogP contribution in [0.3, 0.4) is 0 Å². The van der Waals surface area contributed by atoms with Crippen LogP contribution in [0, 0.1) is 5.92 Å². The minimum atomic E-state index is -0.0873. The molecule has 0 spiro atoms. The molecule has 0 aromatic heterocycles. The van der Waals surface area contributed by atoms with Crippen molar-refractivity contribution < 1.29 is 9.53 Å². The zero-order valence-corrected chi connectivity index (χ0v) is 13.7. The van der Waals surface area contributed by atoms with Crippen LogP contribution in [0.25, 0.3) is 0 Å². The molecule has 1 aliphatic heterocycles. The molecule has 1 aliphatic rings. The van der Waals surface area contributed by atoms with Gasteiger partial charge in [0.2, 0.25) is 0 Å². The largest absolute Gasteiger partial charge is 0.496 e. The van der Waals surface area contributed by atoms with Gasteiger partial charge in [0, 0.05) is 25.2 Å². The van der Waals surface area contributed by atoms with Gasteiger partial charge < -0.3 is 15.4 Å². The Hall–Kier alpha value is -0.970. The number of nitrogens with two attached hydrogens (primary N) is 1. The van der Waals surface area contributed by atoms with Gasteiger partial charge in [-0.2, -0.15) is 0 Å². The monoisotopic (exact) mass is 330 g/mol. The molecule has 2 N–H and O–H groups in total. The molecule has 1 saturated heterocycles. The molecule has 0 bridgehead atoms. The summed E-state index contributed by atoms with van der Waals surface area (Å²) in [4.78, 5) is 14.5. The number of rotatable bonds is 3. The first-order valence-corrected chi connectivity index (χ1v) is 7.77. The van der Waals surface area contributed by atoms with Crippen molar-refractivity contribution in [3.05, 3.63) is 27.7 Å².